The van der Waals surface area contributed by atoms with E-state index in [1.807, 2.05) is 6.92 Å². The topological polar surface area (TPSA) is 26.0 Å². The molecule has 2 nitrogen and oxygen atoms in total. The Balaban J connectivity index is 3.00. The Labute approximate surface area is 75.1 Å². The smallest absolute Gasteiger partial charge is 0.142 e. The molecule has 1 aromatic rings. The van der Waals surface area contributed by atoms with E-state index in [1.165, 1.54) is 5.56 Å². The van der Waals surface area contributed by atoms with Crippen molar-refractivity contribution in [3.63, 3.8) is 0 Å². The second kappa shape index (κ2) is 3.39. The number of alkyl halides is 1. The summed E-state index contributed by atoms with van der Waals surface area (Å²) in [7, 11) is 0. The standard InChI is InChI=1S/C8H12BrNO/c1-5(2)8-6(3)7(4-9)10-11-8/h5H,4H2,1-3H3. The van der Waals surface area contributed by atoms with Gasteiger partial charge in [-0.15, -0.1) is 0 Å². The zero-order chi connectivity index (χ0) is 8.43. The molecule has 1 heterocycles. The minimum absolute atomic E-state index is 0.426. The van der Waals surface area contributed by atoms with Crippen molar-refractivity contribution in [1.82, 2.24) is 5.16 Å². The normalized spacial score (nSPS) is 11.0. The molecule has 0 N–H and O–H groups in total. The lowest BCUT2D eigenvalue weighted by Crippen LogP contribution is -1.87. The van der Waals surface area contributed by atoms with Crippen LogP contribution < -0.4 is 0 Å². The van der Waals surface area contributed by atoms with Crippen molar-refractivity contribution in [3.05, 3.63) is 17.0 Å². The molecule has 0 amide bonds. The number of hydrogen-bond acceptors (Lipinski definition) is 2. The lowest BCUT2D eigenvalue weighted by molar-refractivity contribution is 0.366. The van der Waals surface area contributed by atoms with Gasteiger partial charge in [0.1, 0.15) is 5.76 Å². The van der Waals surface area contributed by atoms with E-state index in [2.05, 4.69) is 34.9 Å². The van der Waals surface area contributed by atoms with Gasteiger partial charge in [0.05, 0.1) is 5.69 Å². The molecule has 0 aliphatic heterocycles. The summed E-state index contributed by atoms with van der Waals surface area (Å²) in [5, 5.41) is 4.71. The van der Waals surface area contributed by atoms with Gasteiger partial charge in [0.15, 0.2) is 0 Å². The van der Waals surface area contributed by atoms with Crippen molar-refractivity contribution in [3.8, 4) is 0 Å². The fourth-order valence-electron chi connectivity index (χ4n) is 1.05. The van der Waals surface area contributed by atoms with E-state index in [0.29, 0.717) is 5.92 Å². The highest BCUT2D eigenvalue weighted by Gasteiger charge is 2.12. The number of halogens is 1. The average molecular weight is 218 g/mol. The van der Waals surface area contributed by atoms with Gasteiger partial charge in [-0.3, -0.25) is 0 Å². The van der Waals surface area contributed by atoms with E-state index in [1.54, 1.807) is 0 Å². The van der Waals surface area contributed by atoms with Crippen LogP contribution in [0, 0.1) is 6.92 Å². The molecule has 1 rings (SSSR count). The molecular formula is C8H12BrNO. The molecule has 1 aromatic heterocycles. The van der Waals surface area contributed by atoms with Gasteiger partial charge in [-0.2, -0.15) is 0 Å². The van der Waals surface area contributed by atoms with Crippen LogP contribution in [0.25, 0.3) is 0 Å². The largest absolute Gasteiger partial charge is 0.361 e. The predicted octanol–water partition coefficient (Wildman–Crippen LogP) is 3.00. The zero-order valence-electron chi connectivity index (χ0n) is 7.02. The summed E-state index contributed by atoms with van der Waals surface area (Å²) in [6.45, 7) is 6.25. The second-order valence-electron chi connectivity index (χ2n) is 2.91. The number of aromatic nitrogens is 1. The SMILES string of the molecule is Cc1c(CBr)noc1C(C)C. The van der Waals surface area contributed by atoms with Gasteiger partial charge in [0.25, 0.3) is 0 Å². The van der Waals surface area contributed by atoms with Crippen molar-refractivity contribution in [2.45, 2.75) is 32.0 Å². The van der Waals surface area contributed by atoms with Crippen molar-refractivity contribution < 1.29 is 4.52 Å². The van der Waals surface area contributed by atoms with Crippen molar-refractivity contribution in [1.29, 1.82) is 0 Å². The highest BCUT2D eigenvalue weighted by Crippen LogP contribution is 2.22. The van der Waals surface area contributed by atoms with Gasteiger partial charge in [0, 0.05) is 16.8 Å². The van der Waals surface area contributed by atoms with Gasteiger partial charge >= 0.3 is 0 Å². The first-order valence-corrected chi connectivity index (χ1v) is 4.80. The second-order valence-corrected chi connectivity index (χ2v) is 3.47. The Hall–Kier alpha value is -0.310. The van der Waals surface area contributed by atoms with E-state index >= 15 is 0 Å². The summed E-state index contributed by atoms with van der Waals surface area (Å²) in [5.41, 5.74) is 2.19. The molecule has 0 radical (unpaired) electrons. The summed E-state index contributed by atoms with van der Waals surface area (Å²) < 4.78 is 5.17. The van der Waals surface area contributed by atoms with Crippen molar-refractivity contribution in [2.75, 3.05) is 0 Å². The zero-order valence-corrected chi connectivity index (χ0v) is 8.60. The van der Waals surface area contributed by atoms with E-state index in [-0.39, 0.29) is 0 Å². The molecule has 0 saturated heterocycles. The lowest BCUT2D eigenvalue weighted by atomic mass is 10.1. The summed E-state index contributed by atoms with van der Waals surface area (Å²) in [4.78, 5) is 0. The van der Waals surface area contributed by atoms with E-state index in [4.69, 9.17) is 4.52 Å². The summed E-state index contributed by atoms with van der Waals surface area (Å²) >= 11 is 3.35. The molecule has 0 aliphatic carbocycles. The molecule has 0 aliphatic rings. The van der Waals surface area contributed by atoms with Crippen molar-refractivity contribution in [2.24, 2.45) is 0 Å². The van der Waals surface area contributed by atoms with Crippen LogP contribution in [0.3, 0.4) is 0 Å². The maximum atomic E-state index is 5.17. The third kappa shape index (κ3) is 1.64. The van der Waals surface area contributed by atoms with Gasteiger partial charge in [-0.05, 0) is 6.92 Å². The molecule has 62 valence electrons. The molecule has 0 aromatic carbocycles. The maximum absolute atomic E-state index is 5.17. The Morgan fingerprint density at radius 3 is 2.45 bits per heavy atom. The van der Waals surface area contributed by atoms with E-state index in [9.17, 15) is 0 Å². The Morgan fingerprint density at radius 2 is 2.18 bits per heavy atom. The summed E-state index contributed by atoms with van der Waals surface area (Å²) in [6, 6.07) is 0. The van der Waals surface area contributed by atoms with Crippen LogP contribution in [0.2, 0.25) is 0 Å². The van der Waals surface area contributed by atoms with Gasteiger partial charge in [-0.25, -0.2) is 0 Å². The molecule has 0 fully saturated rings. The van der Waals surface area contributed by atoms with Crippen LogP contribution in [-0.2, 0) is 5.33 Å². The summed E-state index contributed by atoms with van der Waals surface area (Å²) in [6.07, 6.45) is 0. The monoisotopic (exact) mass is 217 g/mol. The number of nitrogens with zero attached hydrogens (tertiary/aromatic N) is 1. The number of rotatable bonds is 2. The van der Waals surface area contributed by atoms with Crippen molar-refractivity contribution >= 4 is 15.9 Å². The molecule has 0 unspecified atom stereocenters. The molecule has 0 spiro atoms. The van der Waals surface area contributed by atoms with Gasteiger partial charge < -0.3 is 4.52 Å². The Morgan fingerprint density at radius 1 is 1.55 bits per heavy atom. The molecule has 0 bridgehead atoms. The third-order valence-corrected chi connectivity index (χ3v) is 2.24. The first-order chi connectivity index (χ1) is 5.16. The van der Waals surface area contributed by atoms with E-state index in [0.717, 1.165) is 16.8 Å². The van der Waals surface area contributed by atoms with Crippen LogP contribution >= 0.6 is 15.9 Å². The van der Waals surface area contributed by atoms with Gasteiger partial charge in [-0.1, -0.05) is 34.9 Å². The quantitative estimate of drug-likeness (QED) is 0.713. The van der Waals surface area contributed by atoms with Crippen LogP contribution in [0.15, 0.2) is 4.52 Å². The van der Waals surface area contributed by atoms with Crippen LogP contribution in [0.1, 0.15) is 36.8 Å². The Bertz CT molecular complexity index is 242. The lowest BCUT2D eigenvalue weighted by Gasteiger charge is -1.98. The highest BCUT2D eigenvalue weighted by atomic mass is 79.9. The van der Waals surface area contributed by atoms with Gasteiger partial charge in [0.2, 0.25) is 0 Å². The molecule has 3 heteroatoms. The minimum Gasteiger partial charge on any atom is -0.361 e. The number of hydrogen-bond donors (Lipinski definition) is 0. The first-order valence-electron chi connectivity index (χ1n) is 3.67. The van der Waals surface area contributed by atoms with Crippen LogP contribution in [0.5, 0.6) is 0 Å². The fraction of sp³-hybridized carbons (Fsp3) is 0.625. The third-order valence-electron chi connectivity index (χ3n) is 1.71. The highest BCUT2D eigenvalue weighted by molar-refractivity contribution is 9.08. The minimum atomic E-state index is 0.426. The van der Waals surface area contributed by atoms with Crippen LogP contribution in [-0.4, -0.2) is 5.16 Å². The molecule has 11 heavy (non-hydrogen) atoms. The van der Waals surface area contributed by atoms with E-state index < -0.39 is 0 Å². The average Bonchev–Trinajstić information content (AvgIpc) is 2.30. The maximum Gasteiger partial charge on any atom is 0.142 e. The predicted molar refractivity (Wildman–Crippen MR) is 48.0 cm³/mol. The molecule has 0 saturated carbocycles. The Kier molecular flexibility index (Phi) is 2.71. The molecular weight excluding hydrogens is 206 g/mol. The fourth-order valence-corrected chi connectivity index (χ4v) is 1.57. The summed E-state index contributed by atoms with van der Waals surface area (Å²) in [5.74, 6) is 1.43. The molecule has 0 atom stereocenters. The van der Waals surface area contributed by atoms with Crippen LogP contribution in [0.4, 0.5) is 0 Å². The first kappa shape index (κ1) is 8.78.